The molecule has 0 bridgehead atoms. The summed E-state index contributed by atoms with van der Waals surface area (Å²) in [6.07, 6.45) is 6.02. The molecule has 0 saturated heterocycles. The Morgan fingerprint density at radius 2 is 1.77 bits per heavy atom. The third-order valence-corrected chi connectivity index (χ3v) is 4.93. The van der Waals surface area contributed by atoms with E-state index >= 15 is 0 Å². The number of benzene rings is 2. The summed E-state index contributed by atoms with van der Waals surface area (Å²) in [5.74, 6) is 0.685. The number of hydrogen-bond acceptors (Lipinski definition) is 1. The average molecular weight is 290 g/mol. The molecule has 0 amide bonds. The van der Waals surface area contributed by atoms with Crippen LogP contribution < -0.4 is 5.32 Å². The highest BCUT2D eigenvalue weighted by Gasteiger charge is 2.27. The molecule has 0 unspecified atom stereocenters. The van der Waals surface area contributed by atoms with Crippen LogP contribution in [0.4, 0.5) is 0 Å². The lowest BCUT2D eigenvalue weighted by Crippen LogP contribution is -2.25. The molecule has 2 nitrogen and oxygen atoms in total. The van der Waals surface area contributed by atoms with Crippen molar-refractivity contribution in [2.24, 2.45) is 0 Å². The Labute approximate surface area is 131 Å². The van der Waals surface area contributed by atoms with Gasteiger partial charge in [-0.15, -0.1) is 0 Å². The van der Waals surface area contributed by atoms with Gasteiger partial charge in [-0.2, -0.15) is 0 Å². The molecule has 2 atom stereocenters. The smallest absolute Gasteiger partial charge is 0.0456 e. The zero-order valence-corrected chi connectivity index (χ0v) is 12.8. The van der Waals surface area contributed by atoms with Crippen LogP contribution in [0.15, 0.2) is 60.8 Å². The summed E-state index contributed by atoms with van der Waals surface area (Å²) >= 11 is 0. The van der Waals surface area contributed by atoms with E-state index in [0.717, 1.165) is 6.54 Å². The quantitative estimate of drug-likeness (QED) is 0.722. The molecule has 22 heavy (non-hydrogen) atoms. The van der Waals surface area contributed by atoms with E-state index in [2.05, 4.69) is 71.1 Å². The van der Waals surface area contributed by atoms with Gasteiger partial charge in [0.2, 0.25) is 0 Å². The summed E-state index contributed by atoms with van der Waals surface area (Å²) < 4.78 is 0. The van der Waals surface area contributed by atoms with E-state index in [1.807, 2.05) is 0 Å². The Hall–Kier alpha value is -2.06. The molecule has 112 valence electrons. The summed E-state index contributed by atoms with van der Waals surface area (Å²) in [5.41, 5.74) is 4.14. The van der Waals surface area contributed by atoms with Crippen LogP contribution in [0.25, 0.3) is 10.9 Å². The first-order valence-corrected chi connectivity index (χ1v) is 8.23. The standard InChI is InChI=1S/C20H22N2/c1-2-6-15(7-3-1)13-21-17-11-10-16(12-17)19-14-22-20-9-5-4-8-18(19)20/h1-9,14,16-17,21-22H,10-13H2/t16-,17-/m1/s1. The topological polar surface area (TPSA) is 27.8 Å². The molecule has 2 aromatic carbocycles. The maximum atomic E-state index is 3.73. The first kappa shape index (κ1) is 13.6. The lowest BCUT2D eigenvalue weighted by atomic mass is 9.97. The number of nitrogens with one attached hydrogen (secondary N) is 2. The van der Waals surface area contributed by atoms with Crippen molar-refractivity contribution < 1.29 is 0 Å². The second-order valence-electron chi connectivity index (χ2n) is 6.36. The van der Waals surface area contributed by atoms with E-state index in [-0.39, 0.29) is 0 Å². The Morgan fingerprint density at radius 3 is 2.68 bits per heavy atom. The van der Waals surface area contributed by atoms with Crippen LogP contribution >= 0.6 is 0 Å². The van der Waals surface area contributed by atoms with E-state index < -0.39 is 0 Å². The molecule has 2 heteroatoms. The fourth-order valence-corrected chi connectivity index (χ4v) is 3.74. The van der Waals surface area contributed by atoms with Crippen molar-refractivity contribution >= 4 is 10.9 Å². The summed E-state index contributed by atoms with van der Waals surface area (Å²) in [4.78, 5) is 3.42. The number of H-pyrrole nitrogens is 1. The number of aromatic amines is 1. The summed E-state index contributed by atoms with van der Waals surface area (Å²) in [6, 6.07) is 20.0. The van der Waals surface area contributed by atoms with E-state index in [4.69, 9.17) is 0 Å². The van der Waals surface area contributed by atoms with Crippen LogP contribution in [0.5, 0.6) is 0 Å². The van der Waals surface area contributed by atoms with Gasteiger partial charge in [0.15, 0.2) is 0 Å². The average Bonchev–Trinajstić information content (AvgIpc) is 3.20. The van der Waals surface area contributed by atoms with Crippen molar-refractivity contribution in [3.05, 3.63) is 71.9 Å². The van der Waals surface area contributed by atoms with Crippen LogP contribution in [-0.2, 0) is 6.54 Å². The Balaban J connectivity index is 1.42. The summed E-state index contributed by atoms with van der Waals surface area (Å²) in [5, 5.41) is 5.13. The van der Waals surface area contributed by atoms with Gasteiger partial charge in [-0.1, -0.05) is 48.5 Å². The molecule has 3 aromatic rings. The largest absolute Gasteiger partial charge is 0.361 e. The van der Waals surface area contributed by atoms with E-state index in [1.54, 1.807) is 0 Å². The van der Waals surface area contributed by atoms with Crippen LogP contribution in [0.2, 0.25) is 0 Å². The van der Waals surface area contributed by atoms with Gasteiger partial charge in [-0.05, 0) is 42.4 Å². The first-order valence-electron chi connectivity index (χ1n) is 8.23. The highest BCUT2D eigenvalue weighted by molar-refractivity contribution is 5.83. The van der Waals surface area contributed by atoms with Gasteiger partial charge >= 0.3 is 0 Å². The summed E-state index contributed by atoms with van der Waals surface area (Å²) in [7, 11) is 0. The molecule has 2 N–H and O–H groups in total. The normalized spacial score (nSPS) is 21.5. The lowest BCUT2D eigenvalue weighted by molar-refractivity contribution is 0.518. The Kier molecular flexibility index (Phi) is 3.69. The van der Waals surface area contributed by atoms with Crippen LogP contribution in [0.3, 0.4) is 0 Å². The molecular weight excluding hydrogens is 268 g/mol. The van der Waals surface area contributed by atoms with Crippen molar-refractivity contribution in [2.75, 3.05) is 0 Å². The van der Waals surface area contributed by atoms with Gasteiger partial charge in [-0.3, -0.25) is 0 Å². The number of rotatable bonds is 4. The van der Waals surface area contributed by atoms with Crippen molar-refractivity contribution in [3.8, 4) is 0 Å². The van der Waals surface area contributed by atoms with Gasteiger partial charge in [0, 0.05) is 29.7 Å². The minimum Gasteiger partial charge on any atom is -0.361 e. The van der Waals surface area contributed by atoms with Crippen LogP contribution in [-0.4, -0.2) is 11.0 Å². The maximum Gasteiger partial charge on any atom is 0.0456 e. The molecule has 4 rings (SSSR count). The Morgan fingerprint density at radius 1 is 0.955 bits per heavy atom. The molecule has 1 fully saturated rings. The summed E-state index contributed by atoms with van der Waals surface area (Å²) in [6.45, 7) is 0.978. The highest BCUT2D eigenvalue weighted by atomic mass is 14.9. The van der Waals surface area contributed by atoms with Gasteiger partial charge in [0.25, 0.3) is 0 Å². The number of fused-ring (bicyclic) bond motifs is 1. The molecule has 0 radical (unpaired) electrons. The highest BCUT2D eigenvalue weighted by Crippen LogP contribution is 2.37. The molecule has 1 heterocycles. The van der Waals surface area contributed by atoms with Gasteiger partial charge in [-0.25, -0.2) is 0 Å². The zero-order chi connectivity index (χ0) is 14.8. The number of aromatic nitrogens is 1. The second-order valence-corrected chi connectivity index (χ2v) is 6.36. The van der Waals surface area contributed by atoms with E-state index in [9.17, 15) is 0 Å². The van der Waals surface area contributed by atoms with Crippen molar-refractivity contribution in [1.29, 1.82) is 0 Å². The molecule has 1 aliphatic rings. The van der Waals surface area contributed by atoms with Gasteiger partial charge < -0.3 is 10.3 Å². The van der Waals surface area contributed by atoms with E-state index in [1.165, 1.54) is 41.3 Å². The van der Waals surface area contributed by atoms with E-state index in [0.29, 0.717) is 12.0 Å². The molecule has 0 spiro atoms. The molecule has 1 aliphatic carbocycles. The van der Waals surface area contributed by atoms with Crippen molar-refractivity contribution in [1.82, 2.24) is 10.3 Å². The first-order chi connectivity index (χ1) is 10.9. The lowest BCUT2D eigenvalue weighted by Gasteiger charge is -2.13. The predicted molar refractivity (Wildman–Crippen MR) is 92.0 cm³/mol. The predicted octanol–water partition coefficient (Wildman–Crippen LogP) is 4.59. The van der Waals surface area contributed by atoms with Crippen molar-refractivity contribution in [3.63, 3.8) is 0 Å². The molecule has 0 aliphatic heterocycles. The van der Waals surface area contributed by atoms with Gasteiger partial charge in [0.05, 0.1) is 0 Å². The van der Waals surface area contributed by atoms with Crippen LogP contribution in [0.1, 0.15) is 36.3 Å². The van der Waals surface area contributed by atoms with Gasteiger partial charge in [0.1, 0.15) is 0 Å². The Bertz CT molecular complexity index is 745. The molecule has 1 saturated carbocycles. The number of para-hydroxylation sites is 1. The fourth-order valence-electron chi connectivity index (χ4n) is 3.74. The third kappa shape index (κ3) is 2.67. The zero-order valence-electron chi connectivity index (χ0n) is 12.8. The fraction of sp³-hybridized carbons (Fsp3) is 0.300. The second kappa shape index (κ2) is 5.98. The molecular formula is C20H22N2. The number of hydrogen-bond donors (Lipinski definition) is 2. The van der Waals surface area contributed by atoms with Crippen LogP contribution in [0, 0.1) is 0 Å². The third-order valence-electron chi connectivity index (χ3n) is 4.93. The SMILES string of the molecule is c1ccc(CN[C@@H]2CC[C@@H](c3c[nH]c4ccccc34)C2)cc1. The monoisotopic (exact) mass is 290 g/mol. The minimum atomic E-state index is 0.638. The minimum absolute atomic E-state index is 0.638. The maximum absolute atomic E-state index is 3.73. The molecule has 1 aromatic heterocycles. The van der Waals surface area contributed by atoms with Crippen molar-refractivity contribution in [2.45, 2.75) is 37.8 Å².